The predicted molar refractivity (Wildman–Crippen MR) is 191 cm³/mol. The fourth-order valence-electron chi connectivity index (χ4n) is 5.27. The van der Waals surface area contributed by atoms with Crippen molar-refractivity contribution < 1.29 is 28.4 Å². The number of halogens is 3. The molecular weight excluding hydrogens is 693 g/mol. The number of ether oxygens (including phenoxy) is 6. The summed E-state index contributed by atoms with van der Waals surface area (Å²) in [6, 6.07) is 37.5. The van der Waals surface area contributed by atoms with E-state index in [0.717, 1.165) is 27.1 Å². The molecule has 48 heavy (non-hydrogen) atoms. The van der Waals surface area contributed by atoms with Crippen molar-refractivity contribution in [1.29, 1.82) is 5.41 Å². The second-order valence-corrected chi connectivity index (χ2v) is 14.2. The maximum atomic E-state index is 8.43. The van der Waals surface area contributed by atoms with Crippen LogP contribution in [0, 0.1) is 5.41 Å². The predicted octanol–water partition coefficient (Wildman–Crippen LogP) is 8.77. The van der Waals surface area contributed by atoms with Crippen LogP contribution in [-0.4, -0.2) is 53.3 Å². The molecule has 4 aromatic carbocycles. The summed E-state index contributed by atoms with van der Waals surface area (Å²) in [7, 11) is 0. The van der Waals surface area contributed by atoms with E-state index in [4.69, 9.17) is 68.6 Å². The van der Waals surface area contributed by atoms with E-state index in [-0.39, 0.29) is 26.4 Å². The molecule has 1 aliphatic rings. The van der Waals surface area contributed by atoms with E-state index < -0.39 is 40.4 Å². The highest BCUT2D eigenvalue weighted by Gasteiger charge is 2.51. The second-order valence-electron chi connectivity index (χ2n) is 11.1. The van der Waals surface area contributed by atoms with Gasteiger partial charge < -0.3 is 28.4 Å². The van der Waals surface area contributed by atoms with Crippen molar-refractivity contribution in [2.45, 2.75) is 65.8 Å². The van der Waals surface area contributed by atoms with E-state index in [1.165, 1.54) is 0 Å². The molecule has 11 heteroatoms. The van der Waals surface area contributed by atoms with Crippen LogP contribution in [0.1, 0.15) is 22.3 Å². The average Bonchev–Trinajstić information content (AvgIpc) is 3.10. The smallest absolute Gasteiger partial charge is 0.265 e. The zero-order chi connectivity index (χ0) is 33.8. The Hall–Kier alpha value is -2.63. The summed E-state index contributed by atoms with van der Waals surface area (Å²) >= 11 is 19.8. The monoisotopic (exact) mass is 729 g/mol. The average molecular weight is 731 g/mol. The van der Waals surface area contributed by atoms with Gasteiger partial charge in [0, 0.05) is 4.90 Å². The van der Waals surface area contributed by atoms with Crippen molar-refractivity contribution in [3.05, 3.63) is 138 Å². The quantitative estimate of drug-likeness (QED) is 0.0567. The lowest BCUT2D eigenvalue weighted by atomic mass is 9.97. The van der Waals surface area contributed by atoms with Crippen molar-refractivity contribution in [2.24, 2.45) is 0 Å². The number of alkyl halides is 3. The topological polar surface area (TPSA) is 79.2 Å². The Morgan fingerprint density at radius 1 is 0.667 bits per heavy atom. The molecule has 0 bridgehead atoms. The minimum absolute atomic E-state index is 0.128. The number of benzene rings is 4. The molecule has 1 N–H and O–H groups in total. The van der Waals surface area contributed by atoms with Gasteiger partial charge >= 0.3 is 0 Å². The molecule has 1 saturated heterocycles. The number of rotatable bonds is 15. The first kappa shape index (κ1) is 36.6. The molecule has 0 spiro atoms. The lowest BCUT2D eigenvalue weighted by Gasteiger charge is -2.46. The molecule has 0 aliphatic carbocycles. The van der Waals surface area contributed by atoms with E-state index in [0.29, 0.717) is 6.61 Å². The molecule has 7 nitrogen and oxygen atoms in total. The first-order valence-electron chi connectivity index (χ1n) is 15.5. The van der Waals surface area contributed by atoms with Gasteiger partial charge in [-0.2, -0.15) is 0 Å². The number of hydrogen-bond acceptors (Lipinski definition) is 8. The molecule has 1 heterocycles. The van der Waals surface area contributed by atoms with Crippen LogP contribution in [-0.2, 0) is 54.8 Å². The van der Waals surface area contributed by atoms with Gasteiger partial charge in [0.05, 0.1) is 33.0 Å². The third-order valence-corrected chi connectivity index (χ3v) is 9.02. The van der Waals surface area contributed by atoms with Gasteiger partial charge in [-0.15, -0.1) is 11.8 Å². The minimum atomic E-state index is -2.13. The SMILES string of the molecule is CSc1ccccc1CO[C@H]1[C@@H](OC(=N)C(Cl)(Cl)Cl)O[C@H](COCc2ccccc2)[C@@H](OCc2ccccc2)[C@@H]1OCc1ccccc1. The van der Waals surface area contributed by atoms with Crippen LogP contribution < -0.4 is 0 Å². The minimum Gasteiger partial charge on any atom is -0.445 e. The van der Waals surface area contributed by atoms with Crippen LogP contribution in [0.3, 0.4) is 0 Å². The first-order valence-corrected chi connectivity index (χ1v) is 17.8. The van der Waals surface area contributed by atoms with Crippen molar-refractivity contribution in [1.82, 2.24) is 0 Å². The van der Waals surface area contributed by atoms with Gasteiger partial charge in [0.2, 0.25) is 12.2 Å². The lowest BCUT2D eigenvalue weighted by Crippen LogP contribution is -2.62. The summed E-state index contributed by atoms with van der Waals surface area (Å²) in [5.41, 5.74) is 3.91. The Kier molecular flexibility index (Phi) is 14.0. The number of hydrogen-bond donors (Lipinski definition) is 1. The molecular formula is C37H38Cl3NO6S. The molecule has 5 rings (SSSR count). The van der Waals surface area contributed by atoms with Gasteiger partial charge in [-0.05, 0) is 34.6 Å². The van der Waals surface area contributed by atoms with E-state index in [9.17, 15) is 0 Å². The molecule has 0 amide bonds. The first-order chi connectivity index (χ1) is 23.3. The summed E-state index contributed by atoms with van der Waals surface area (Å²) < 4.78 is 36.4. The zero-order valence-corrected chi connectivity index (χ0v) is 29.5. The van der Waals surface area contributed by atoms with Gasteiger partial charge in [-0.3, -0.25) is 5.41 Å². The van der Waals surface area contributed by atoms with Crippen LogP contribution in [0.4, 0.5) is 0 Å². The van der Waals surface area contributed by atoms with Crippen molar-refractivity contribution in [3.63, 3.8) is 0 Å². The highest BCUT2D eigenvalue weighted by atomic mass is 35.6. The molecule has 254 valence electrons. The normalized spacial score (nSPS) is 21.1. The fourth-order valence-corrected chi connectivity index (χ4v) is 6.00. The molecule has 0 aromatic heterocycles. The molecule has 0 radical (unpaired) electrons. The second kappa shape index (κ2) is 18.4. The largest absolute Gasteiger partial charge is 0.445 e. The van der Waals surface area contributed by atoms with Crippen LogP contribution in [0.2, 0.25) is 0 Å². The van der Waals surface area contributed by atoms with Gasteiger partial charge in [0.25, 0.3) is 3.79 Å². The van der Waals surface area contributed by atoms with Gasteiger partial charge in [0.1, 0.15) is 24.4 Å². The summed E-state index contributed by atoms with van der Waals surface area (Å²) in [5.74, 6) is -0.606. The van der Waals surface area contributed by atoms with Crippen molar-refractivity contribution in [3.8, 4) is 0 Å². The molecule has 0 unspecified atom stereocenters. The summed E-state index contributed by atoms with van der Waals surface area (Å²) in [6.45, 7) is 1.22. The summed E-state index contributed by atoms with van der Waals surface area (Å²) in [5, 5.41) is 8.43. The Labute approximate surface area is 301 Å². The molecule has 4 aromatic rings. The van der Waals surface area contributed by atoms with Crippen LogP contribution >= 0.6 is 46.6 Å². The van der Waals surface area contributed by atoms with Gasteiger partial charge in [0.15, 0.2) is 0 Å². The summed E-state index contributed by atoms with van der Waals surface area (Å²) in [6.07, 6.45) is -2.21. The molecule has 5 atom stereocenters. The highest BCUT2D eigenvalue weighted by molar-refractivity contribution is 7.98. The van der Waals surface area contributed by atoms with Gasteiger partial charge in [-0.1, -0.05) is 144 Å². The highest BCUT2D eigenvalue weighted by Crippen LogP contribution is 2.35. The third kappa shape index (κ3) is 10.7. The zero-order valence-electron chi connectivity index (χ0n) is 26.4. The van der Waals surface area contributed by atoms with E-state index in [1.54, 1.807) is 11.8 Å². The van der Waals surface area contributed by atoms with Crippen LogP contribution in [0.25, 0.3) is 0 Å². The summed E-state index contributed by atoms with van der Waals surface area (Å²) in [4.78, 5) is 1.06. The maximum Gasteiger partial charge on any atom is 0.265 e. The van der Waals surface area contributed by atoms with Crippen LogP contribution in [0.15, 0.2) is 120 Å². The van der Waals surface area contributed by atoms with Crippen LogP contribution in [0.5, 0.6) is 0 Å². The lowest BCUT2D eigenvalue weighted by molar-refractivity contribution is -0.313. The Morgan fingerprint density at radius 2 is 1.17 bits per heavy atom. The number of thioether (sulfide) groups is 1. The maximum absolute atomic E-state index is 8.43. The van der Waals surface area contributed by atoms with Crippen molar-refractivity contribution >= 4 is 52.5 Å². The molecule has 1 aliphatic heterocycles. The fraction of sp³-hybridized carbons (Fsp3) is 0.324. The Bertz CT molecular complexity index is 1550. The van der Waals surface area contributed by atoms with E-state index in [1.807, 2.05) is 122 Å². The van der Waals surface area contributed by atoms with Crippen molar-refractivity contribution in [2.75, 3.05) is 12.9 Å². The number of nitrogens with one attached hydrogen (secondary N) is 1. The Balaban J connectivity index is 1.48. The van der Waals surface area contributed by atoms with E-state index >= 15 is 0 Å². The molecule has 1 fully saturated rings. The third-order valence-electron chi connectivity index (χ3n) is 7.67. The van der Waals surface area contributed by atoms with E-state index in [2.05, 4.69) is 0 Å². The Morgan fingerprint density at radius 3 is 1.73 bits per heavy atom. The van der Waals surface area contributed by atoms with Gasteiger partial charge in [-0.25, -0.2) is 0 Å². The standard InChI is InChI=1S/C37H38Cl3NO6S/c1-48-31-20-12-11-19-29(31)24-45-34-33(44-23-28-17-9-4-10-18-28)32(43-22-27-15-7-3-8-16-27)30(25-42-21-26-13-5-2-6-14-26)46-35(34)47-36(41)37(38,39)40/h2-20,30,32-35,41H,21-25H2,1H3/t30-,32-,33+,34-,35-/m1/s1. The molecule has 0 saturated carbocycles.